The van der Waals surface area contributed by atoms with Gasteiger partial charge in [-0.1, -0.05) is 18.2 Å². The number of anilines is 1. The van der Waals surface area contributed by atoms with Gasteiger partial charge in [-0.2, -0.15) is 5.10 Å². The van der Waals surface area contributed by atoms with Crippen LogP contribution in [0.25, 0.3) is 11.3 Å². The van der Waals surface area contributed by atoms with Crippen molar-refractivity contribution in [3.05, 3.63) is 46.8 Å². The van der Waals surface area contributed by atoms with Gasteiger partial charge in [0.25, 0.3) is 5.56 Å². The van der Waals surface area contributed by atoms with Crippen molar-refractivity contribution >= 4 is 23.5 Å². The van der Waals surface area contributed by atoms with E-state index in [1.807, 2.05) is 0 Å². The number of imide groups is 1. The molecule has 0 spiro atoms. The molecule has 1 unspecified atom stereocenters. The molecule has 2 aromatic rings. The first-order chi connectivity index (χ1) is 11.9. The lowest BCUT2D eigenvalue weighted by Crippen LogP contribution is -2.56. The van der Waals surface area contributed by atoms with Gasteiger partial charge in [0, 0.05) is 18.7 Å². The van der Waals surface area contributed by atoms with Crippen molar-refractivity contribution < 1.29 is 14.4 Å². The smallest absolute Gasteiger partial charge is 0.322 e. The molecule has 0 radical (unpaired) electrons. The molecule has 3 rings (SSSR count). The maximum atomic E-state index is 12.4. The molecule has 2 heterocycles. The number of amides is 4. The summed E-state index contributed by atoms with van der Waals surface area (Å²) in [6.45, 7) is 0. The molecule has 0 aliphatic carbocycles. The Labute approximate surface area is 142 Å². The van der Waals surface area contributed by atoms with Gasteiger partial charge in [0.05, 0.1) is 17.8 Å². The monoisotopic (exact) mass is 341 g/mol. The Kier molecular flexibility index (Phi) is 4.29. The zero-order valence-corrected chi connectivity index (χ0v) is 13.3. The lowest BCUT2D eigenvalue weighted by molar-refractivity contribution is -0.126. The lowest BCUT2D eigenvalue weighted by Gasteiger charge is -2.22. The van der Waals surface area contributed by atoms with E-state index in [4.69, 9.17) is 0 Å². The molecular weight excluding hydrogens is 326 g/mol. The van der Waals surface area contributed by atoms with Crippen molar-refractivity contribution in [1.29, 1.82) is 0 Å². The third-order valence-electron chi connectivity index (χ3n) is 3.69. The van der Waals surface area contributed by atoms with Gasteiger partial charge < -0.3 is 10.6 Å². The molecular formula is C16H15N5O4. The molecule has 1 fully saturated rings. The van der Waals surface area contributed by atoms with Gasteiger partial charge in [0.1, 0.15) is 6.04 Å². The molecule has 9 nitrogen and oxygen atoms in total. The van der Waals surface area contributed by atoms with Crippen LogP contribution in [0.4, 0.5) is 10.5 Å². The van der Waals surface area contributed by atoms with Crippen LogP contribution < -0.4 is 21.5 Å². The second-order valence-corrected chi connectivity index (χ2v) is 5.49. The van der Waals surface area contributed by atoms with E-state index in [9.17, 15) is 19.2 Å². The SMILES string of the molecule is Cn1nc(-c2ccccc2NC(=O)C2CC(=O)NC(=O)N2)ccc1=O. The zero-order chi connectivity index (χ0) is 18.0. The summed E-state index contributed by atoms with van der Waals surface area (Å²) in [7, 11) is 1.53. The summed E-state index contributed by atoms with van der Waals surface area (Å²) < 4.78 is 1.19. The second kappa shape index (κ2) is 6.56. The van der Waals surface area contributed by atoms with E-state index in [0.29, 0.717) is 16.9 Å². The molecule has 1 saturated heterocycles. The molecule has 3 N–H and O–H groups in total. The van der Waals surface area contributed by atoms with Crippen LogP contribution in [0.2, 0.25) is 0 Å². The highest BCUT2D eigenvalue weighted by Gasteiger charge is 2.29. The van der Waals surface area contributed by atoms with Gasteiger partial charge in [-0.3, -0.25) is 19.7 Å². The molecule has 1 atom stereocenters. The number of benzene rings is 1. The van der Waals surface area contributed by atoms with Crippen LogP contribution in [-0.2, 0) is 16.6 Å². The summed E-state index contributed by atoms with van der Waals surface area (Å²) in [6, 6.07) is 8.20. The van der Waals surface area contributed by atoms with Crippen LogP contribution >= 0.6 is 0 Å². The summed E-state index contributed by atoms with van der Waals surface area (Å²) in [6.07, 6.45) is -0.141. The quantitative estimate of drug-likeness (QED) is 0.724. The fraction of sp³-hybridized carbons (Fsp3) is 0.188. The van der Waals surface area contributed by atoms with E-state index in [2.05, 4.69) is 21.0 Å². The van der Waals surface area contributed by atoms with Gasteiger partial charge in [-0.05, 0) is 12.1 Å². The number of aromatic nitrogens is 2. The molecule has 1 aromatic heterocycles. The summed E-state index contributed by atoms with van der Waals surface area (Å²) in [5, 5.41) is 11.3. The van der Waals surface area contributed by atoms with Crippen LogP contribution in [0.1, 0.15) is 6.42 Å². The Morgan fingerprint density at radius 2 is 1.96 bits per heavy atom. The maximum absolute atomic E-state index is 12.4. The van der Waals surface area contributed by atoms with Crippen molar-refractivity contribution in [1.82, 2.24) is 20.4 Å². The highest BCUT2D eigenvalue weighted by atomic mass is 16.2. The molecule has 25 heavy (non-hydrogen) atoms. The number of aryl methyl sites for hydroxylation is 1. The maximum Gasteiger partial charge on any atom is 0.322 e. The highest BCUT2D eigenvalue weighted by Crippen LogP contribution is 2.25. The molecule has 1 aliphatic heterocycles. The van der Waals surface area contributed by atoms with Gasteiger partial charge in [-0.25, -0.2) is 9.48 Å². The number of nitrogens with one attached hydrogen (secondary N) is 3. The Morgan fingerprint density at radius 1 is 1.20 bits per heavy atom. The van der Waals surface area contributed by atoms with Crippen molar-refractivity contribution in [3.8, 4) is 11.3 Å². The van der Waals surface area contributed by atoms with Crippen LogP contribution in [0, 0.1) is 0 Å². The standard InChI is InChI=1S/C16H15N5O4/c1-21-14(23)7-6-11(20-21)9-4-2-3-5-10(9)17-15(24)12-8-13(22)19-16(25)18-12/h2-7,12H,8H2,1H3,(H,17,24)(H2,18,19,22,25). The summed E-state index contributed by atoms with van der Waals surface area (Å²) >= 11 is 0. The van der Waals surface area contributed by atoms with Gasteiger partial charge in [0.15, 0.2) is 0 Å². The van der Waals surface area contributed by atoms with Crippen LogP contribution in [0.5, 0.6) is 0 Å². The van der Waals surface area contributed by atoms with Crippen LogP contribution in [0.3, 0.4) is 0 Å². The predicted molar refractivity (Wildman–Crippen MR) is 88.6 cm³/mol. The lowest BCUT2D eigenvalue weighted by atomic mass is 10.1. The molecule has 1 aliphatic rings. The van der Waals surface area contributed by atoms with Crippen LogP contribution in [-0.4, -0.2) is 33.7 Å². The van der Waals surface area contributed by atoms with Gasteiger partial charge in [-0.15, -0.1) is 0 Å². The summed E-state index contributed by atoms with van der Waals surface area (Å²) in [4.78, 5) is 46.6. The number of hydrogen-bond acceptors (Lipinski definition) is 5. The Balaban J connectivity index is 1.87. The Bertz CT molecular complexity index is 905. The van der Waals surface area contributed by atoms with E-state index in [0.717, 1.165) is 0 Å². The number of carbonyl (C=O) groups excluding carboxylic acids is 3. The zero-order valence-electron chi connectivity index (χ0n) is 13.3. The van der Waals surface area contributed by atoms with Crippen molar-refractivity contribution in [2.24, 2.45) is 7.05 Å². The van der Waals surface area contributed by atoms with E-state index in [-0.39, 0.29) is 12.0 Å². The number of nitrogens with zero attached hydrogens (tertiary/aromatic N) is 2. The Morgan fingerprint density at radius 3 is 2.68 bits per heavy atom. The topological polar surface area (TPSA) is 122 Å². The minimum absolute atomic E-state index is 0.141. The average Bonchev–Trinajstić information content (AvgIpc) is 2.57. The largest absolute Gasteiger partial charge is 0.325 e. The number of carbonyl (C=O) groups is 3. The predicted octanol–water partition coefficient (Wildman–Crippen LogP) is -0.0161. The van der Waals surface area contributed by atoms with Gasteiger partial charge in [0.2, 0.25) is 11.8 Å². The number of para-hydroxylation sites is 1. The summed E-state index contributed by atoms with van der Waals surface area (Å²) in [5.74, 6) is -1.03. The number of urea groups is 1. The van der Waals surface area contributed by atoms with E-state index >= 15 is 0 Å². The van der Waals surface area contributed by atoms with Crippen molar-refractivity contribution in [2.75, 3.05) is 5.32 Å². The third-order valence-corrected chi connectivity index (χ3v) is 3.69. The molecule has 4 amide bonds. The Hall–Kier alpha value is -3.49. The normalized spacial score (nSPS) is 16.8. The minimum atomic E-state index is -0.956. The first kappa shape index (κ1) is 16.4. The third kappa shape index (κ3) is 3.55. The summed E-state index contributed by atoms with van der Waals surface area (Å²) in [5.41, 5.74) is 1.32. The molecule has 0 saturated carbocycles. The highest BCUT2D eigenvalue weighted by molar-refractivity contribution is 6.06. The van der Waals surface area contributed by atoms with Gasteiger partial charge >= 0.3 is 6.03 Å². The molecule has 1 aromatic carbocycles. The fourth-order valence-electron chi connectivity index (χ4n) is 2.45. The van der Waals surface area contributed by atoms with E-state index in [1.54, 1.807) is 30.3 Å². The van der Waals surface area contributed by atoms with E-state index < -0.39 is 23.9 Å². The number of hydrogen-bond donors (Lipinski definition) is 3. The second-order valence-electron chi connectivity index (χ2n) is 5.49. The molecule has 9 heteroatoms. The average molecular weight is 341 g/mol. The minimum Gasteiger partial charge on any atom is -0.325 e. The van der Waals surface area contributed by atoms with E-state index in [1.165, 1.54) is 17.8 Å². The first-order valence-electron chi connectivity index (χ1n) is 7.49. The fourth-order valence-corrected chi connectivity index (χ4v) is 2.45. The number of rotatable bonds is 3. The molecule has 0 bridgehead atoms. The van der Waals surface area contributed by atoms with Crippen molar-refractivity contribution in [3.63, 3.8) is 0 Å². The van der Waals surface area contributed by atoms with Crippen molar-refractivity contribution in [2.45, 2.75) is 12.5 Å². The van der Waals surface area contributed by atoms with Crippen LogP contribution in [0.15, 0.2) is 41.2 Å². The molecule has 128 valence electrons. The first-order valence-corrected chi connectivity index (χ1v) is 7.49.